The van der Waals surface area contributed by atoms with Gasteiger partial charge in [0.05, 0.1) is 58.2 Å². The molecule has 42 heavy (non-hydrogen) atoms. The van der Waals surface area contributed by atoms with E-state index >= 15 is 0 Å². The monoisotopic (exact) mass is 648 g/mol. The third kappa shape index (κ3) is 4.18. The van der Waals surface area contributed by atoms with Crippen LogP contribution in [0.25, 0.3) is 21.8 Å². The Kier molecular flexibility index (Phi) is 6.11. The van der Waals surface area contributed by atoms with E-state index in [2.05, 4.69) is 9.97 Å². The van der Waals surface area contributed by atoms with E-state index in [0.29, 0.717) is 10.8 Å². The lowest BCUT2D eigenvalue weighted by Gasteiger charge is -2.49. The molecule has 0 unspecified atom stereocenters. The van der Waals surface area contributed by atoms with Crippen molar-refractivity contribution in [2.45, 2.75) is 34.0 Å². The molecule has 0 amide bonds. The Morgan fingerprint density at radius 2 is 0.881 bits per heavy atom. The van der Waals surface area contributed by atoms with Gasteiger partial charge in [0.2, 0.25) is 20.0 Å². The van der Waals surface area contributed by atoms with Crippen LogP contribution in [-0.2, 0) is 39.7 Å². The molecule has 12 nitrogen and oxygen atoms in total. The van der Waals surface area contributed by atoms with Crippen molar-refractivity contribution >= 4 is 61.5 Å². The molecule has 4 atom stereocenters. The fraction of sp³-hybridized carbons (Fsp3) is 0.308. The Bertz CT molecular complexity index is 2020. The number of fused-ring (bicyclic) bond motifs is 4. The fourth-order valence-corrected chi connectivity index (χ4v) is 14.9. The highest BCUT2D eigenvalue weighted by Gasteiger charge is 2.64. The van der Waals surface area contributed by atoms with Crippen molar-refractivity contribution < 1.29 is 33.7 Å². The van der Waals surface area contributed by atoms with Gasteiger partial charge >= 0.3 is 0 Å². The minimum absolute atomic E-state index is 0.145. The van der Waals surface area contributed by atoms with Crippen molar-refractivity contribution in [2.75, 3.05) is 23.0 Å². The average molecular weight is 649 g/mol. The highest BCUT2D eigenvalue weighted by Crippen LogP contribution is 2.44. The maximum atomic E-state index is 14.4. The lowest BCUT2D eigenvalue weighted by molar-refractivity contribution is 0.0842. The van der Waals surface area contributed by atoms with Crippen molar-refractivity contribution in [1.82, 2.24) is 18.6 Å². The smallest absolute Gasteiger partial charge is 0.245 e. The largest absolute Gasteiger partial charge is 0.255 e. The van der Waals surface area contributed by atoms with Crippen molar-refractivity contribution in [3.05, 3.63) is 73.1 Å². The van der Waals surface area contributed by atoms with Gasteiger partial charge in [-0.2, -0.15) is 8.61 Å². The summed E-state index contributed by atoms with van der Waals surface area (Å²) in [4.78, 5) is 8.06. The minimum atomic E-state index is -4.56. The molecule has 0 radical (unpaired) electrons. The molecule has 0 spiro atoms. The number of sulfonamides is 2. The van der Waals surface area contributed by atoms with Crippen LogP contribution in [0.1, 0.15) is 0 Å². The molecule has 2 aromatic heterocycles. The first-order valence-corrected chi connectivity index (χ1v) is 19.5. The zero-order valence-corrected chi connectivity index (χ0v) is 25.0. The van der Waals surface area contributed by atoms with Gasteiger partial charge in [-0.15, -0.1) is 0 Å². The number of para-hydroxylation sites is 2. The molecule has 3 saturated heterocycles. The molecule has 3 aliphatic rings. The summed E-state index contributed by atoms with van der Waals surface area (Å²) < 4.78 is 112. The predicted molar refractivity (Wildman–Crippen MR) is 154 cm³/mol. The first kappa shape index (κ1) is 27.8. The molecular formula is C26H24N4O8S4. The molecule has 0 saturated carbocycles. The number of nitrogens with zero attached hydrogens (tertiary/aromatic N) is 4. The van der Waals surface area contributed by atoms with E-state index in [9.17, 15) is 33.7 Å². The van der Waals surface area contributed by atoms with Gasteiger partial charge < -0.3 is 0 Å². The second-order valence-electron chi connectivity index (χ2n) is 10.8. The average Bonchev–Trinajstić information content (AvgIpc) is 3.42. The number of piperazine rings is 1. The SMILES string of the molecule is O=S1(=O)C[C@@H]2[C@H](C1)N(S(=O)(=O)c1cccc3cccnc13)[C@H]1CS(=O)(=O)C[C@@H]1N2S(=O)(=O)c1cccc2cccnc12. The summed E-state index contributed by atoms with van der Waals surface area (Å²) in [5.41, 5.74) is 0.290. The maximum Gasteiger partial charge on any atom is 0.245 e. The number of aromatic nitrogens is 2. The molecule has 220 valence electrons. The van der Waals surface area contributed by atoms with E-state index in [1.165, 1.54) is 36.7 Å². The predicted octanol–water partition coefficient (Wildman–Crippen LogP) is 0.809. The topological polar surface area (TPSA) is 169 Å². The quantitative estimate of drug-likeness (QED) is 0.309. The minimum Gasteiger partial charge on any atom is -0.255 e. The standard InChI is InChI=1S/C26H24N4O8S4/c31-39(32)13-19-21(15-39)30(42(37,38)24-10-2-6-18-8-4-12-28-26(18)24)22-16-40(33,34)14-20(22)29(19)41(35,36)23-9-1-5-17-7-3-11-27-25(17)23/h1-12,19-22H,13-16H2/t19-,20-,21-,22+/m0/s1. The molecule has 4 aromatic rings. The van der Waals surface area contributed by atoms with Crippen LogP contribution in [-0.4, -0.2) is 99.4 Å². The first-order chi connectivity index (χ1) is 19.8. The summed E-state index contributed by atoms with van der Waals surface area (Å²) in [7, 11) is -16.9. The van der Waals surface area contributed by atoms with Crippen LogP contribution in [0, 0.1) is 0 Å². The number of pyridine rings is 2. The van der Waals surface area contributed by atoms with Crippen LogP contribution >= 0.6 is 0 Å². The molecule has 3 aliphatic heterocycles. The van der Waals surface area contributed by atoms with Crippen LogP contribution in [0.2, 0.25) is 0 Å². The van der Waals surface area contributed by atoms with Crippen molar-refractivity contribution in [3.8, 4) is 0 Å². The van der Waals surface area contributed by atoms with Gasteiger partial charge in [0.25, 0.3) is 0 Å². The van der Waals surface area contributed by atoms with Crippen molar-refractivity contribution in [1.29, 1.82) is 0 Å². The van der Waals surface area contributed by atoms with Crippen LogP contribution in [0.4, 0.5) is 0 Å². The first-order valence-electron chi connectivity index (χ1n) is 13.0. The molecule has 0 N–H and O–H groups in total. The Morgan fingerprint density at radius 1 is 0.548 bits per heavy atom. The molecule has 2 aromatic carbocycles. The molecule has 16 heteroatoms. The highest BCUT2D eigenvalue weighted by atomic mass is 32.2. The number of hydrogen-bond donors (Lipinski definition) is 0. The van der Waals surface area contributed by atoms with Crippen LogP contribution < -0.4 is 0 Å². The number of benzene rings is 2. The summed E-state index contributed by atoms with van der Waals surface area (Å²) in [6, 6.07) is 10.3. The van der Waals surface area contributed by atoms with Gasteiger partial charge in [-0.1, -0.05) is 36.4 Å². The van der Waals surface area contributed by atoms with E-state index in [4.69, 9.17) is 0 Å². The summed E-state index contributed by atoms with van der Waals surface area (Å²) in [6.45, 7) is 0. The summed E-state index contributed by atoms with van der Waals surface area (Å²) >= 11 is 0. The van der Waals surface area contributed by atoms with Gasteiger partial charge in [-0.05, 0) is 24.3 Å². The Hall–Kier alpha value is -3.02. The number of hydrogen-bond acceptors (Lipinski definition) is 10. The van der Waals surface area contributed by atoms with Gasteiger partial charge in [-0.3, -0.25) is 9.97 Å². The van der Waals surface area contributed by atoms with Crippen molar-refractivity contribution in [2.24, 2.45) is 0 Å². The van der Waals surface area contributed by atoms with Crippen LogP contribution in [0.15, 0.2) is 82.8 Å². The van der Waals surface area contributed by atoms with E-state index in [1.54, 1.807) is 36.4 Å². The van der Waals surface area contributed by atoms with Gasteiger partial charge in [0, 0.05) is 23.2 Å². The third-order valence-corrected chi connectivity index (χ3v) is 15.6. The van der Waals surface area contributed by atoms with Gasteiger partial charge in [0.1, 0.15) is 9.79 Å². The second kappa shape index (κ2) is 9.24. The summed E-state index contributed by atoms with van der Waals surface area (Å²) in [6.07, 6.45) is 2.85. The van der Waals surface area contributed by atoms with Crippen molar-refractivity contribution in [3.63, 3.8) is 0 Å². The molecule has 0 aliphatic carbocycles. The zero-order valence-electron chi connectivity index (χ0n) is 21.8. The highest BCUT2D eigenvalue weighted by molar-refractivity contribution is 7.93. The normalized spacial score (nSPS) is 27.6. The molecule has 5 heterocycles. The lowest BCUT2D eigenvalue weighted by atomic mass is 10.0. The number of sulfone groups is 2. The molecule has 7 rings (SSSR count). The molecule has 0 bridgehead atoms. The zero-order chi connectivity index (χ0) is 29.7. The van der Waals surface area contributed by atoms with Crippen LogP contribution in [0.3, 0.4) is 0 Å². The fourth-order valence-electron chi connectivity index (χ4n) is 6.59. The molecular weight excluding hydrogens is 625 g/mol. The summed E-state index contributed by atoms with van der Waals surface area (Å²) in [5, 5.41) is 1.05. The molecule has 3 fully saturated rings. The van der Waals surface area contributed by atoms with E-state index < -0.39 is 86.9 Å². The Balaban J connectivity index is 1.45. The van der Waals surface area contributed by atoms with Gasteiger partial charge in [0.15, 0.2) is 19.7 Å². The van der Waals surface area contributed by atoms with Gasteiger partial charge in [-0.25, -0.2) is 33.7 Å². The van der Waals surface area contributed by atoms with E-state index in [-0.39, 0.29) is 20.8 Å². The van der Waals surface area contributed by atoms with E-state index in [0.717, 1.165) is 8.61 Å². The third-order valence-electron chi connectivity index (χ3n) is 8.20. The Morgan fingerprint density at radius 3 is 1.24 bits per heavy atom. The maximum absolute atomic E-state index is 14.4. The van der Waals surface area contributed by atoms with E-state index in [1.807, 2.05) is 0 Å². The number of rotatable bonds is 4. The lowest BCUT2D eigenvalue weighted by Crippen LogP contribution is -2.69. The summed E-state index contributed by atoms with van der Waals surface area (Å²) in [5.74, 6) is -2.62. The second-order valence-corrected chi connectivity index (χ2v) is 18.7. The van der Waals surface area contributed by atoms with Crippen LogP contribution in [0.5, 0.6) is 0 Å². The Labute approximate surface area is 242 Å².